The van der Waals surface area contributed by atoms with E-state index in [9.17, 15) is 18.0 Å². The highest BCUT2D eigenvalue weighted by atomic mass is 19.4. The van der Waals surface area contributed by atoms with E-state index < -0.39 is 24.1 Å². The normalized spacial score (nSPS) is 13.1. The van der Waals surface area contributed by atoms with Gasteiger partial charge in [-0.15, -0.1) is 13.2 Å². The van der Waals surface area contributed by atoms with Crippen LogP contribution in [0.3, 0.4) is 0 Å². The van der Waals surface area contributed by atoms with Crippen molar-refractivity contribution >= 4 is 5.97 Å². The maximum Gasteiger partial charge on any atom is 0.573 e. The Morgan fingerprint density at radius 1 is 1.44 bits per heavy atom. The monoisotopic (exact) mass is 263 g/mol. The lowest BCUT2D eigenvalue weighted by Crippen LogP contribution is -2.29. The highest BCUT2D eigenvalue weighted by molar-refractivity contribution is 5.76. The van der Waals surface area contributed by atoms with Crippen molar-refractivity contribution in [3.8, 4) is 5.75 Å². The molecule has 2 N–H and O–H groups in total. The molecule has 100 valence electrons. The van der Waals surface area contributed by atoms with Gasteiger partial charge in [0, 0.05) is 5.56 Å². The SMILES string of the molecule is CCNC(C(=O)O)c1ccccc1OC(F)(F)F. The van der Waals surface area contributed by atoms with Gasteiger partial charge in [0.2, 0.25) is 0 Å². The summed E-state index contributed by atoms with van der Waals surface area (Å²) in [5.74, 6) is -1.78. The van der Waals surface area contributed by atoms with E-state index in [1.54, 1.807) is 6.92 Å². The minimum absolute atomic E-state index is 0.0656. The quantitative estimate of drug-likeness (QED) is 0.856. The molecule has 0 heterocycles. The number of carboxylic acid groups (broad SMARTS) is 1. The summed E-state index contributed by atoms with van der Waals surface area (Å²) in [6.07, 6.45) is -4.86. The third-order valence-electron chi connectivity index (χ3n) is 2.11. The highest BCUT2D eigenvalue weighted by Gasteiger charge is 2.33. The largest absolute Gasteiger partial charge is 0.573 e. The number of benzene rings is 1. The van der Waals surface area contributed by atoms with Gasteiger partial charge < -0.3 is 15.2 Å². The van der Waals surface area contributed by atoms with E-state index in [1.807, 2.05) is 0 Å². The summed E-state index contributed by atoms with van der Waals surface area (Å²) in [5.41, 5.74) is -0.0656. The van der Waals surface area contributed by atoms with Crippen molar-refractivity contribution < 1.29 is 27.8 Å². The Hall–Kier alpha value is -1.76. The van der Waals surface area contributed by atoms with Gasteiger partial charge in [-0.2, -0.15) is 0 Å². The summed E-state index contributed by atoms with van der Waals surface area (Å²) in [5, 5.41) is 11.6. The maximum absolute atomic E-state index is 12.2. The Morgan fingerprint density at radius 3 is 2.56 bits per heavy atom. The van der Waals surface area contributed by atoms with E-state index >= 15 is 0 Å². The van der Waals surface area contributed by atoms with Crippen molar-refractivity contribution in [1.29, 1.82) is 0 Å². The summed E-state index contributed by atoms with van der Waals surface area (Å²) in [7, 11) is 0. The molecule has 0 saturated carbocycles. The molecule has 0 radical (unpaired) electrons. The Labute approximate surface area is 101 Å². The number of hydrogen-bond acceptors (Lipinski definition) is 3. The lowest BCUT2D eigenvalue weighted by atomic mass is 10.1. The van der Waals surface area contributed by atoms with Crippen molar-refractivity contribution in [2.24, 2.45) is 0 Å². The number of nitrogens with one attached hydrogen (secondary N) is 1. The fraction of sp³-hybridized carbons (Fsp3) is 0.364. The van der Waals surface area contributed by atoms with Crippen molar-refractivity contribution in [3.05, 3.63) is 29.8 Å². The van der Waals surface area contributed by atoms with Crippen molar-refractivity contribution in [2.75, 3.05) is 6.54 Å². The van der Waals surface area contributed by atoms with Crippen LogP contribution in [0.15, 0.2) is 24.3 Å². The Morgan fingerprint density at radius 2 is 2.06 bits per heavy atom. The van der Waals surface area contributed by atoms with Crippen LogP contribution in [0.1, 0.15) is 18.5 Å². The van der Waals surface area contributed by atoms with E-state index in [1.165, 1.54) is 18.2 Å². The van der Waals surface area contributed by atoms with Crippen molar-refractivity contribution in [3.63, 3.8) is 0 Å². The van der Waals surface area contributed by atoms with Gasteiger partial charge in [0.05, 0.1) is 0 Å². The number of carboxylic acids is 1. The maximum atomic E-state index is 12.2. The van der Waals surface area contributed by atoms with Gasteiger partial charge in [-0.25, -0.2) is 0 Å². The van der Waals surface area contributed by atoms with Crippen LogP contribution in [0.2, 0.25) is 0 Å². The number of carbonyl (C=O) groups is 1. The zero-order valence-electron chi connectivity index (χ0n) is 9.49. The number of aliphatic carboxylic acids is 1. The molecule has 18 heavy (non-hydrogen) atoms. The average Bonchev–Trinajstić information content (AvgIpc) is 2.24. The van der Waals surface area contributed by atoms with E-state index in [0.717, 1.165) is 6.07 Å². The smallest absolute Gasteiger partial charge is 0.480 e. The first kappa shape index (κ1) is 14.3. The summed E-state index contributed by atoms with van der Waals surface area (Å²) < 4.78 is 40.4. The molecular weight excluding hydrogens is 251 g/mol. The van der Waals surface area contributed by atoms with Gasteiger partial charge in [0.25, 0.3) is 0 Å². The van der Waals surface area contributed by atoms with Crippen LogP contribution in [0.5, 0.6) is 5.75 Å². The van der Waals surface area contributed by atoms with Crippen LogP contribution in [-0.4, -0.2) is 24.0 Å². The molecule has 0 aliphatic carbocycles. The fourth-order valence-electron chi connectivity index (χ4n) is 1.47. The molecule has 0 aliphatic rings. The third-order valence-corrected chi connectivity index (χ3v) is 2.11. The first-order valence-electron chi connectivity index (χ1n) is 5.16. The number of hydrogen-bond donors (Lipinski definition) is 2. The number of ether oxygens (including phenoxy) is 1. The number of para-hydroxylation sites is 1. The van der Waals surface area contributed by atoms with E-state index in [-0.39, 0.29) is 5.56 Å². The molecule has 0 aliphatic heterocycles. The van der Waals surface area contributed by atoms with Crippen LogP contribution in [0.25, 0.3) is 0 Å². The zero-order chi connectivity index (χ0) is 13.8. The second-order valence-corrected chi connectivity index (χ2v) is 3.41. The van der Waals surface area contributed by atoms with Crippen LogP contribution in [0.4, 0.5) is 13.2 Å². The van der Waals surface area contributed by atoms with Crippen molar-refractivity contribution in [2.45, 2.75) is 19.3 Å². The van der Waals surface area contributed by atoms with E-state index in [2.05, 4.69) is 10.1 Å². The molecule has 1 rings (SSSR count). The van der Waals surface area contributed by atoms with E-state index in [4.69, 9.17) is 5.11 Å². The Balaban J connectivity index is 3.10. The second-order valence-electron chi connectivity index (χ2n) is 3.41. The summed E-state index contributed by atoms with van der Waals surface area (Å²) in [6.45, 7) is 1.96. The second kappa shape index (κ2) is 5.72. The predicted molar refractivity (Wildman–Crippen MR) is 57.2 cm³/mol. The van der Waals surface area contributed by atoms with Crippen molar-refractivity contribution in [1.82, 2.24) is 5.32 Å². The van der Waals surface area contributed by atoms with Crippen LogP contribution >= 0.6 is 0 Å². The molecule has 4 nitrogen and oxygen atoms in total. The minimum Gasteiger partial charge on any atom is -0.480 e. The van der Waals surface area contributed by atoms with Gasteiger partial charge in [0.1, 0.15) is 11.8 Å². The fourth-order valence-corrected chi connectivity index (χ4v) is 1.47. The van der Waals surface area contributed by atoms with Crippen LogP contribution in [-0.2, 0) is 4.79 Å². The van der Waals surface area contributed by atoms with Gasteiger partial charge >= 0.3 is 12.3 Å². The van der Waals surface area contributed by atoms with Gasteiger partial charge in [0.15, 0.2) is 0 Å². The predicted octanol–water partition coefficient (Wildman–Crippen LogP) is 2.32. The molecule has 7 heteroatoms. The zero-order valence-corrected chi connectivity index (χ0v) is 9.49. The van der Waals surface area contributed by atoms with Gasteiger partial charge in [-0.05, 0) is 12.6 Å². The molecule has 0 aromatic heterocycles. The third kappa shape index (κ3) is 3.92. The molecule has 0 amide bonds. The average molecular weight is 263 g/mol. The molecule has 1 unspecified atom stereocenters. The van der Waals surface area contributed by atoms with E-state index in [0.29, 0.717) is 6.54 Å². The lowest BCUT2D eigenvalue weighted by Gasteiger charge is -2.18. The topological polar surface area (TPSA) is 58.6 Å². The number of halogens is 3. The molecule has 0 fully saturated rings. The minimum atomic E-state index is -4.86. The Kier molecular flexibility index (Phi) is 4.55. The molecule has 0 spiro atoms. The molecule has 1 aromatic carbocycles. The summed E-state index contributed by atoms with van der Waals surface area (Å²) >= 11 is 0. The molecule has 0 bridgehead atoms. The first-order chi connectivity index (χ1) is 8.35. The molecule has 1 aromatic rings. The van der Waals surface area contributed by atoms with Gasteiger partial charge in [-0.1, -0.05) is 25.1 Å². The number of alkyl halides is 3. The summed E-state index contributed by atoms with van der Waals surface area (Å²) in [6, 6.07) is 3.91. The first-order valence-corrected chi connectivity index (χ1v) is 5.16. The Bertz CT molecular complexity index is 420. The molecular formula is C11H12F3NO3. The standard InChI is InChI=1S/C11H12F3NO3/c1-2-15-9(10(16)17)7-5-3-4-6-8(7)18-11(12,13)14/h3-6,9,15H,2H2,1H3,(H,16,17). The summed E-state index contributed by atoms with van der Waals surface area (Å²) in [4.78, 5) is 11.0. The van der Waals surface area contributed by atoms with Gasteiger partial charge in [-0.3, -0.25) is 4.79 Å². The number of rotatable bonds is 5. The number of likely N-dealkylation sites (N-methyl/N-ethyl adjacent to an activating group) is 1. The van der Waals surface area contributed by atoms with Crippen LogP contribution < -0.4 is 10.1 Å². The van der Waals surface area contributed by atoms with Crippen LogP contribution in [0, 0.1) is 0 Å². The highest BCUT2D eigenvalue weighted by Crippen LogP contribution is 2.30. The molecule has 0 saturated heterocycles. The molecule has 1 atom stereocenters. The lowest BCUT2D eigenvalue weighted by molar-refractivity contribution is -0.275.